The molecule has 0 spiro atoms. The number of para-hydroxylation sites is 1. The molecule has 0 saturated carbocycles. The maximum Gasteiger partial charge on any atom is 0.132 e. The van der Waals surface area contributed by atoms with Gasteiger partial charge in [-0.1, -0.05) is 12.1 Å². The summed E-state index contributed by atoms with van der Waals surface area (Å²) in [7, 11) is 0. The molecule has 3 nitrogen and oxygen atoms in total. The van der Waals surface area contributed by atoms with Crippen molar-refractivity contribution in [1.29, 1.82) is 0 Å². The molecule has 1 aromatic carbocycles. The minimum absolute atomic E-state index is 0.00289. The SMILES string of the molecule is OC(CCl)C(O)c1nc2ccccc2s1. The standard InChI is InChI=1S/C10H10ClNO2S/c11-5-7(13)9(14)10-12-6-3-1-2-4-8(6)15-10/h1-4,7,9,13-14H,5H2. The Kier molecular flexibility index (Phi) is 3.21. The summed E-state index contributed by atoms with van der Waals surface area (Å²) in [5.41, 5.74) is 0.832. The van der Waals surface area contributed by atoms with E-state index >= 15 is 0 Å². The molecular formula is C10H10ClNO2S. The molecule has 0 radical (unpaired) electrons. The molecule has 2 atom stereocenters. The monoisotopic (exact) mass is 243 g/mol. The second kappa shape index (κ2) is 4.45. The van der Waals surface area contributed by atoms with Gasteiger partial charge in [-0.25, -0.2) is 4.98 Å². The summed E-state index contributed by atoms with van der Waals surface area (Å²) in [6.45, 7) is 0. The van der Waals surface area contributed by atoms with E-state index in [0.717, 1.165) is 10.2 Å². The van der Waals surface area contributed by atoms with E-state index in [-0.39, 0.29) is 5.88 Å². The van der Waals surface area contributed by atoms with Crippen molar-refractivity contribution in [3.8, 4) is 0 Å². The van der Waals surface area contributed by atoms with Gasteiger partial charge in [0, 0.05) is 0 Å². The van der Waals surface area contributed by atoms with Crippen molar-refractivity contribution in [3.05, 3.63) is 29.3 Å². The smallest absolute Gasteiger partial charge is 0.132 e. The Balaban J connectivity index is 2.36. The average molecular weight is 244 g/mol. The summed E-state index contributed by atoms with van der Waals surface area (Å²) in [5, 5.41) is 19.6. The number of alkyl halides is 1. The highest BCUT2D eigenvalue weighted by Crippen LogP contribution is 2.27. The van der Waals surface area contributed by atoms with Crippen LogP contribution in [0.25, 0.3) is 10.2 Å². The summed E-state index contributed by atoms with van der Waals surface area (Å²) >= 11 is 6.83. The van der Waals surface area contributed by atoms with Crippen LogP contribution in [0.2, 0.25) is 0 Å². The predicted molar refractivity (Wildman–Crippen MR) is 61.3 cm³/mol. The molecule has 0 aliphatic carbocycles. The highest BCUT2D eigenvalue weighted by molar-refractivity contribution is 7.18. The van der Waals surface area contributed by atoms with Crippen LogP contribution >= 0.6 is 22.9 Å². The molecule has 1 heterocycles. The highest BCUT2D eigenvalue weighted by atomic mass is 35.5. The summed E-state index contributed by atoms with van der Waals surface area (Å²) in [4.78, 5) is 4.23. The third-order valence-electron chi connectivity index (χ3n) is 2.09. The number of halogens is 1. The van der Waals surface area contributed by atoms with Crippen molar-refractivity contribution in [2.45, 2.75) is 12.2 Å². The number of benzene rings is 1. The molecule has 0 aliphatic rings. The summed E-state index contributed by atoms with van der Waals surface area (Å²) in [6.07, 6.45) is -1.97. The van der Waals surface area contributed by atoms with Crippen molar-refractivity contribution < 1.29 is 10.2 Å². The Morgan fingerprint density at radius 2 is 2.07 bits per heavy atom. The first-order chi connectivity index (χ1) is 7.22. The molecule has 0 amide bonds. The number of hydrogen-bond donors (Lipinski definition) is 2. The van der Waals surface area contributed by atoms with Gasteiger partial charge in [-0.2, -0.15) is 0 Å². The van der Waals surface area contributed by atoms with Crippen LogP contribution in [0.4, 0.5) is 0 Å². The first-order valence-corrected chi connectivity index (χ1v) is 5.85. The van der Waals surface area contributed by atoms with Gasteiger partial charge in [0.25, 0.3) is 0 Å². The van der Waals surface area contributed by atoms with E-state index in [0.29, 0.717) is 5.01 Å². The van der Waals surface area contributed by atoms with Crippen molar-refractivity contribution in [1.82, 2.24) is 4.98 Å². The molecule has 5 heteroatoms. The van der Waals surface area contributed by atoms with Gasteiger partial charge in [0.1, 0.15) is 11.1 Å². The minimum atomic E-state index is -1.00. The number of thiazole rings is 1. The third-order valence-corrected chi connectivity index (χ3v) is 3.51. The zero-order valence-electron chi connectivity index (χ0n) is 7.80. The molecule has 2 rings (SSSR count). The first-order valence-electron chi connectivity index (χ1n) is 4.50. The molecule has 0 fully saturated rings. The predicted octanol–water partition coefficient (Wildman–Crippen LogP) is 1.93. The number of fused-ring (bicyclic) bond motifs is 1. The van der Waals surface area contributed by atoms with Gasteiger partial charge >= 0.3 is 0 Å². The van der Waals surface area contributed by atoms with Gasteiger partial charge in [0.15, 0.2) is 0 Å². The maximum absolute atomic E-state index is 9.70. The Morgan fingerprint density at radius 1 is 1.33 bits per heavy atom. The Labute approximate surface area is 96.0 Å². The molecule has 0 bridgehead atoms. The number of aromatic nitrogens is 1. The lowest BCUT2D eigenvalue weighted by Crippen LogP contribution is -2.19. The molecule has 80 valence electrons. The first kappa shape index (κ1) is 10.8. The van der Waals surface area contributed by atoms with E-state index < -0.39 is 12.2 Å². The molecule has 0 saturated heterocycles. The van der Waals surface area contributed by atoms with E-state index in [9.17, 15) is 10.2 Å². The number of rotatable bonds is 3. The van der Waals surface area contributed by atoms with Crippen molar-refractivity contribution in [3.63, 3.8) is 0 Å². The maximum atomic E-state index is 9.70. The van der Waals surface area contributed by atoms with Gasteiger partial charge in [-0.05, 0) is 12.1 Å². The number of hydrogen-bond acceptors (Lipinski definition) is 4. The lowest BCUT2D eigenvalue weighted by Gasteiger charge is -2.11. The fourth-order valence-electron chi connectivity index (χ4n) is 1.27. The summed E-state index contributed by atoms with van der Waals surface area (Å²) < 4.78 is 0.994. The van der Waals surface area contributed by atoms with Crippen LogP contribution in [-0.2, 0) is 0 Å². The quantitative estimate of drug-likeness (QED) is 0.810. The minimum Gasteiger partial charge on any atom is -0.389 e. The Bertz CT molecular complexity index is 426. The van der Waals surface area contributed by atoms with Crippen molar-refractivity contribution >= 4 is 33.2 Å². The third kappa shape index (κ3) is 2.13. The van der Waals surface area contributed by atoms with Gasteiger partial charge in [-0.3, -0.25) is 0 Å². The van der Waals surface area contributed by atoms with Crippen molar-refractivity contribution in [2.75, 3.05) is 5.88 Å². The van der Waals surface area contributed by atoms with E-state index in [2.05, 4.69) is 4.98 Å². The van der Waals surface area contributed by atoms with Crippen LogP contribution in [-0.4, -0.2) is 27.2 Å². The number of nitrogens with zero attached hydrogens (tertiary/aromatic N) is 1. The lowest BCUT2D eigenvalue weighted by molar-refractivity contribution is 0.0327. The van der Waals surface area contributed by atoms with E-state index in [4.69, 9.17) is 11.6 Å². The second-order valence-electron chi connectivity index (χ2n) is 3.19. The van der Waals surface area contributed by atoms with Gasteiger partial charge in [0.05, 0.1) is 22.2 Å². The highest BCUT2D eigenvalue weighted by Gasteiger charge is 2.20. The molecular weight excluding hydrogens is 234 g/mol. The number of aliphatic hydroxyl groups excluding tert-OH is 2. The van der Waals surface area contributed by atoms with Crippen LogP contribution in [0.15, 0.2) is 24.3 Å². The molecule has 2 N–H and O–H groups in total. The largest absolute Gasteiger partial charge is 0.389 e. The van der Waals surface area contributed by atoms with Crippen LogP contribution in [0.5, 0.6) is 0 Å². The fraction of sp³-hybridized carbons (Fsp3) is 0.300. The Hall–Kier alpha value is -0.680. The van der Waals surface area contributed by atoms with Crippen molar-refractivity contribution in [2.24, 2.45) is 0 Å². The van der Waals surface area contributed by atoms with Gasteiger partial charge in [0.2, 0.25) is 0 Å². The van der Waals surface area contributed by atoms with Crippen LogP contribution in [0.1, 0.15) is 11.1 Å². The molecule has 1 aromatic heterocycles. The van der Waals surface area contributed by atoms with E-state index in [1.54, 1.807) is 0 Å². The summed E-state index contributed by atoms with van der Waals surface area (Å²) in [5.74, 6) is -0.00289. The normalized spacial score (nSPS) is 15.4. The second-order valence-corrected chi connectivity index (χ2v) is 4.56. The zero-order valence-corrected chi connectivity index (χ0v) is 9.37. The van der Waals surface area contributed by atoms with Gasteiger partial charge < -0.3 is 10.2 Å². The average Bonchev–Trinajstić information content (AvgIpc) is 2.70. The molecule has 0 aliphatic heterocycles. The van der Waals surface area contributed by atoms with E-state index in [1.807, 2.05) is 24.3 Å². The zero-order chi connectivity index (χ0) is 10.8. The fourth-order valence-corrected chi connectivity index (χ4v) is 2.45. The molecule has 2 unspecified atom stereocenters. The van der Waals surface area contributed by atoms with Crippen LogP contribution in [0, 0.1) is 0 Å². The Morgan fingerprint density at radius 3 is 2.73 bits per heavy atom. The number of aliphatic hydroxyl groups is 2. The summed E-state index contributed by atoms with van der Waals surface area (Å²) in [6, 6.07) is 7.59. The van der Waals surface area contributed by atoms with Crippen LogP contribution < -0.4 is 0 Å². The van der Waals surface area contributed by atoms with Crippen LogP contribution in [0.3, 0.4) is 0 Å². The molecule has 2 aromatic rings. The van der Waals surface area contributed by atoms with Gasteiger partial charge in [-0.15, -0.1) is 22.9 Å². The molecule has 15 heavy (non-hydrogen) atoms. The lowest BCUT2D eigenvalue weighted by atomic mass is 10.2. The van der Waals surface area contributed by atoms with E-state index in [1.165, 1.54) is 11.3 Å². The topological polar surface area (TPSA) is 53.4 Å².